The lowest BCUT2D eigenvalue weighted by Crippen LogP contribution is -2.17. The van der Waals surface area contributed by atoms with E-state index in [9.17, 15) is 0 Å². The highest BCUT2D eigenvalue weighted by Gasteiger charge is 2.21. The van der Waals surface area contributed by atoms with Gasteiger partial charge in [0.2, 0.25) is 0 Å². The summed E-state index contributed by atoms with van der Waals surface area (Å²) >= 11 is 0. The van der Waals surface area contributed by atoms with Crippen molar-refractivity contribution >= 4 is 16.9 Å². The number of nitrogens with zero attached hydrogens (tertiary/aromatic N) is 3. The SMILES string of the molecule is Cc1ccc(-c2[nH]nc3nc(C(C)(C)C)nc(N)c23)cc1. The summed E-state index contributed by atoms with van der Waals surface area (Å²) in [7, 11) is 0. The predicted molar refractivity (Wildman–Crippen MR) is 85.0 cm³/mol. The van der Waals surface area contributed by atoms with E-state index in [2.05, 4.69) is 60.0 Å². The van der Waals surface area contributed by atoms with Crippen LogP contribution in [0.1, 0.15) is 32.2 Å². The first-order valence-electron chi connectivity index (χ1n) is 6.95. The Labute approximate surface area is 123 Å². The fourth-order valence-corrected chi connectivity index (χ4v) is 2.22. The van der Waals surface area contributed by atoms with Gasteiger partial charge in [-0.25, -0.2) is 9.97 Å². The average molecular weight is 281 g/mol. The fourth-order valence-electron chi connectivity index (χ4n) is 2.22. The number of hydrogen-bond acceptors (Lipinski definition) is 4. The number of nitrogens with two attached hydrogens (primary N) is 1. The number of benzene rings is 1. The summed E-state index contributed by atoms with van der Waals surface area (Å²) in [5.41, 5.74) is 9.71. The Balaban J connectivity index is 2.21. The summed E-state index contributed by atoms with van der Waals surface area (Å²) in [5, 5.41) is 8.12. The molecule has 21 heavy (non-hydrogen) atoms. The molecule has 3 N–H and O–H groups in total. The maximum Gasteiger partial charge on any atom is 0.187 e. The highest BCUT2D eigenvalue weighted by molar-refractivity contribution is 5.98. The fraction of sp³-hybridized carbons (Fsp3) is 0.312. The Morgan fingerprint density at radius 2 is 1.71 bits per heavy atom. The second kappa shape index (κ2) is 4.55. The summed E-state index contributed by atoms with van der Waals surface area (Å²) in [5.74, 6) is 1.17. The Bertz CT molecular complexity index is 794. The van der Waals surface area contributed by atoms with Crippen LogP contribution in [0.4, 0.5) is 5.82 Å². The van der Waals surface area contributed by atoms with Crippen LogP contribution in [0, 0.1) is 6.92 Å². The summed E-state index contributed by atoms with van der Waals surface area (Å²) in [6.07, 6.45) is 0. The predicted octanol–water partition coefficient (Wildman–Crippen LogP) is 3.21. The number of anilines is 1. The number of rotatable bonds is 1. The van der Waals surface area contributed by atoms with Gasteiger partial charge in [0.05, 0.1) is 11.1 Å². The van der Waals surface area contributed by atoms with Gasteiger partial charge < -0.3 is 5.73 Å². The molecule has 3 aromatic rings. The Kier molecular flexibility index (Phi) is 2.93. The van der Waals surface area contributed by atoms with Gasteiger partial charge in [-0.3, -0.25) is 5.10 Å². The number of aromatic amines is 1. The maximum atomic E-state index is 6.16. The number of nitrogens with one attached hydrogen (secondary N) is 1. The molecule has 1 aromatic carbocycles. The van der Waals surface area contributed by atoms with Gasteiger partial charge in [-0.05, 0) is 6.92 Å². The molecule has 2 aromatic heterocycles. The van der Waals surface area contributed by atoms with E-state index in [4.69, 9.17) is 5.73 Å². The van der Waals surface area contributed by atoms with Gasteiger partial charge in [0.25, 0.3) is 0 Å². The minimum absolute atomic E-state index is 0.161. The van der Waals surface area contributed by atoms with Crippen LogP contribution in [-0.4, -0.2) is 20.2 Å². The van der Waals surface area contributed by atoms with Crippen LogP contribution in [0.25, 0.3) is 22.3 Å². The molecule has 5 nitrogen and oxygen atoms in total. The number of fused-ring (bicyclic) bond motifs is 1. The van der Waals surface area contributed by atoms with Crippen LogP contribution in [-0.2, 0) is 5.41 Å². The molecule has 0 saturated carbocycles. The molecule has 0 atom stereocenters. The highest BCUT2D eigenvalue weighted by atomic mass is 15.2. The number of H-pyrrole nitrogens is 1. The van der Waals surface area contributed by atoms with Gasteiger partial charge >= 0.3 is 0 Å². The lowest BCUT2D eigenvalue weighted by molar-refractivity contribution is 0.549. The van der Waals surface area contributed by atoms with Crippen molar-refractivity contribution in [2.45, 2.75) is 33.1 Å². The third-order valence-electron chi connectivity index (χ3n) is 3.45. The monoisotopic (exact) mass is 281 g/mol. The summed E-state index contributed by atoms with van der Waals surface area (Å²) in [4.78, 5) is 8.99. The van der Waals surface area contributed by atoms with Crippen molar-refractivity contribution in [3.63, 3.8) is 0 Å². The molecule has 0 bridgehead atoms. The van der Waals surface area contributed by atoms with Gasteiger partial charge in [-0.15, -0.1) is 0 Å². The topological polar surface area (TPSA) is 80.5 Å². The molecule has 0 saturated heterocycles. The van der Waals surface area contributed by atoms with Crippen LogP contribution >= 0.6 is 0 Å². The third-order valence-corrected chi connectivity index (χ3v) is 3.45. The van der Waals surface area contributed by atoms with Crippen molar-refractivity contribution < 1.29 is 0 Å². The molecule has 2 heterocycles. The van der Waals surface area contributed by atoms with Crippen molar-refractivity contribution in [3.8, 4) is 11.3 Å². The Hall–Kier alpha value is -2.43. The van der Waals surface area contributed by atoms with Crippen LogP contribution in [0.2, 0.25) is 0 Å². The number of nitrogen functional groups attached to an aromatic ring is 1. The van der Waals surface area contributed by atoms with Gasteiger partial charge in [0.1, 0.15) is 11.6 Å². The molecule has 0 radical (unpaired) electrons. The largest absolute Gasteiger partial charge is 0.383 e. The third kappa shape index (κ3) is 2.35. The van der Waals surface area contributed by atoms with E-state index in [0.717, 1.165) is 16.6 Å². The number of aryl methyl sites for hydroxylation is 1. The molecule has 0 aliphatic heterocycles. The van der Waals surface area contributed by atoms with Crippen LogP contribution in [0.15, 0.2) is 24.3 Å². The Morgan fingerprint density at radius 3 is 2.33 bits per heavy atom. The molecular formula is C16H19N5. The van der Waals surface area contributed by atoms with E-state index in [-0.39, 0.29) is 5.41 Å². The highest BCUT2D eigenvalue weighted by Crippen LogP contribution is 2.31. The zero-order chi connectivity index (χ0) is 15.2. The second-order valence-corrected chi connectivity index (χ2v) is 6.35. The van der Waals surface area contributed by atoms with Crippen molar-refractivity contribution in [3.05, 3.63) is 35.7 Å². The van der Waals surface area contributed by atoms with E-state index in [1.54, 1.807) is 0 Å². The maximum absolute atomic E-state index is 6.16. The minimum Gasteiger partial charge on any atom is -0.383 e. The normalized spacial score (nSPS) is 12.0. The molecule has 0 aliphatic carbocycles. The standard InChI is InChI=1S/C16H19N5/c1-9-5-7-10(8-6-9)12-11-13(17)18-15(16(2,3)4)19-14(11)21-20-12/h5-8H,1-4H3,(H3,17,18,19,20,21). The first-order chi connectivity index (χ1) is 9.86. The second-order valence-electron chi connectivity index (χ2n) is 6.35. The summed E-state index contributed by atoms with van der Waals surface area (Å²) in [6, 6.07) is 8.20. The average Bonchev–Trinajstić information content (AvgIpc) is 2.83. The molecular weight excluding hydrogens is 262 g/mol. The first kappa shape index (κ1) is 13.5. The quantitative estimate of drug-likeness (QED) is 0.717. The van der Waals surface area contributed by atoms with Crippen molar-refractivity contribution in [1.82, 2.24) is 20.2 Å². The molecule has 0 aliphatic rings. The van der Waals surface area contributed by atoms with Gasteiger partial charge in [-0.1, -0.05) is 50.6 Å². The molecule has 0 unspecified atom stereocenters. The molecule has 0 amide bonds. The van der Waals surface area contributed by atoms with Crippen LogP contribution < -0.4 is 5.73 Å². The number of hydrogen-bond donors (Lipinski definition) is 2. The van der Waals surface area contributed by atoms with Crippen molar-refractivity contribution in [2.75, 3.05) is 5.73 Å². The van der Waals surface area contributed by atoms with E-state index in [1.165, 1.54) is 5.56 Å². The Morgan fingerprint density at radius 1 is 1.05 bits per heavy atom. The zero-order valence-electron chi connectivity index (χ0n) is 12.7. The summed E-state index contributed by atoms with van der Waals surface area (Å²) < 4.78 is 0. The van der Waals surface area contributed by atoms with E-state index in [0.29, 0.717) is 17.3 Å². The molecule has 108 valence electrons. The van der Waals surface area contributed by atoms with Gasteiger partial charge in [0, 0.05) is 11.0 Å². The molecule has 5 heteroatoms. The van der Waals surface area contributed by atoms with E-state index in [1.807, 2.05) is 12.1 Å². The van der Waals surface area contributed by atoms with Crippen molar-refractivity contribution in [2.24, 2.45) is 0 Å². The minimum atomic E-state index is -0.161. The van der Waals surface area contributed by atoms with E-state index < -0.39 is 0 Å². The van der Waals surface area contributed by atoms with E-state index >= 15 is 0 Å². The molecule has 0 fully saturated rings. The van der Waals surface area contributed by atoms with Crippen LogP contribution in [0.5, 0.6) is 0 Å². The first-order valence-corrected chi connectivity index (χ1v) is 6.95. The smallest absolute Gasteiger partial charge is 0.187 e. The zero-order valence-corrected chi connectivity index (χ0v) is 12.7. The van der Waals surface area contributed by atoms with Gasteiger partial charge in [0.15, 0.2) is 5.65 Å². The lowest BCUT2D eigenvalue weighted by Gasteiger charge is -2.16. The van der Waals surface area contributed by atoms with Crippen LogP contribution in [0.3, 0.4) is 0 Å². The lowest BCUT2D eigenvalue weighted by atomic mass is 9.95. The van der Waals surface area contributed by atoms with Gasteiger partial charge in [-0.2, -0.15) is 5.10 Å². The molecule has 0 spiro atoms. The summed E-state index contributed by atoms with van der Waals surface area (Å²) in [6.45, 7) is 8.23. The van der Waals surface area contributed by atoms with Crippen molar-refractivity contribution in [1.29, 1.82) is 0 Å². The number of aromatic nitrogens is 4. The molecule has 3 rings (SSSR count).